The van der Waals surface area contributed by atoms with Crippen molar-refractivity contribution in [3.05, 3.63) is 11.8 Å². The van der Waals surface area contributed by atoms with Crippen LogP contribution in [0, 0.1) is 0 Å². The minimum absolute atomic E-state index is 0.219. The van der Waals surface area contributed by atoms with E-state index in [2.05, 4.69) is 10.7 Å². The summed E-state index contributed by atoms with van der Waals surface area (Å²) in [7, 11) is 0. The van der Waals surface area contributed by atoms with Crippen molar-refractivity contribution in [3.8, 4) is 0 Å². The number of rotatable bonds is 3. The number of hydrogen-bond acceptors (Lipinski definition) is 3. The van der Waals surface area contributed by atoms with Gasteiger partial charge in [-0.2, -0.15) is 0 Å². The third-order valence-corrected chi connectivity index (χ3v) is 1.02. The lowest BCUT2D eigenvalue weighted by molar-refractivity contribution is -0.132. The number of amides is 2. The molecule has 0 aromatic carbocycles. The molecule has 2 amide bonds. The standard InChI is InChI=1S/C6H10O3.C3H6N2O/c1-3-9-4-5(2)6(7)8;1-2-5-3(4)6/h4H,3H2,1-2H3,(H,7,8);2H,1H3,(H2,4,6). The van der Waals surface area contributed by atoms with Gasteiger partial charge in [0.1, 0.15) is 0 Å². The largest absolute Gasteiger partial charge is 0.501 e. The summed E-state index contributed by atoms with van der Waals surface area (Å²) in [6.45, 7) is 5.42. The molecule has 15 heavy (non-hydrogen) atoms. The minimum Gasteiger partial charge on any atom is -0.501 e. The van der Waals surface area contributed by atoms with Gasteiger partial charge in [0.15, 0.2) is 0 Å². The van der Waals surface area contributed by atoms with Crippen molar-refractivity contribution in [2.24, 2.45) is 10.7 Å². The number of nitrogens with zero attached hydrogens (tertiary/aromatic N) is 1. The van der Waals surface area contributed by atoms with E-state index in [9.17, 15) is 9.59 Å². The Bertz CT molecular complexity index is 259. The van der Waals surface area contributed by atoms with E-state index in [1.165, 1.54) is 19.4 Å². The Morgan fingerprint density at radius 1 is 1.53 bits per heavy atom. The number of carboxylic acids is 1. The molecule has 0 bridgehead atoms. The summed E-state index contributed by atoms with van der Waals surface area (Å²) in [5.74, 6) is -0.941. The predicted octanol–water partition coefficient (Wildman–Crippen LogP) is 1.17. The molecule has 0 aliphatic carbocycles. The van der Waals surface area contributed by atoms with Gasteiger partial charge in [0.2, 0.25) is 0 Å². The molecule has 0 aliphatic heterocycles. The molecule has 0 saturated heterocycles. The van der Waals surface area contributed by atoms with Crippen LogP contribution in [0.2, 0.25) is 0 Å². The van der Waals surface area contributed by atoms with Crippen molar-refractivity contribution in [1.29, 1.82) is 0 Å². The topological polar surface area (TPSA) is 102 Å². The van der Waals surface area contributed by atoms with Crippen molar-refractivity contribution >= 4 is 18.2 Å². The normalized spacial score (nSPS) is 10.5. The Morgan fingerprint density at radius 3 is 2.27 bits per heavy atom. The fraction of sp³-hybridized carbons (Fsp3) is 0.444. The lowest BCUT2D eigenvalue weighted by atomic mass is 10.3. The number of urea groups is 1. The van der Waals surface area contributed by atoms with Crippen molar-refractivity contribution in [1.82, 2.24) is 0 Å². The summed E-state index contributed by atoms with van der Waals surface area (Å²) in [6.07, 6.45) is 2.59. The second-order valence-corrected chi connectivity index (χ2v) is 2.29. The van der Waals surface area contributed by atoms with Gasteiger partial charge in [0.05, 0.1) is 18.4 Å². The van der Waals surface area contributed by atoms with Gasteiger partial charge in [-0.05, 0) is 20.8 Å². The molecule has 0 unspecified atom stereocenters. The molecule has 0 aliphatic rings. The van der Waals surface area contributed by atoms with Gasteiger partial charge in [0.25, 0.3) is 0 Å². The number of carbonyl (C=O) groups is 2. The molecule has 6 heteroatoms. The van der Waals surface area contributed by atoms with Crippen molar-refractivity contribution in [2.45, 2.75) is 20.8 Å². The van der Waals surface area contributed by atoms with E-state index < -0.39 is 12.0 Å². The van der Waals surface area contributed by atoms with E-state index in [0.29, 0.717) is 6.61 Å². The zero-order valence-corrected chi connectivity index (χ0v) is 9.06. The van der Waals surface area contributed by atoms with Gasteiger partial charge in [-0.3, -0.25) is 0 Å². The van der Waals surface area contributed by atoms with E-state index in [-0.39, 0.29) is 5.57 Å². The molecule has 0 aromatic rings. The second-order valence-electron chi connectivity index (χ2n) is 2.29. The Hall–Kier alpha value is -1.85. The Morgan fingerprint density at radius 2 is 2.07 bits per heavy atom. The van der Waals surface area contributed by atoms with Gasteiger partial charge in [-0.15, -0.1) is 0 Å². The average Bonchev–Trinajstić information content (AvgIpc) is 2.14. The quantitative estimate of drug-likeness (QED) is 0.420. The smallest absolute Gasteiger partial charge is 0.337 e. The highest BCUT2D eigenvalue weighted by Crippen LogP contribution is 1.91. The number of carbonyl (C=O) groups excluding carboxylic acids is 1. The summed E-state index contributed by atoms with van der Waals surface area (Å²) in [5, 5.41) is 8.26. The molecule has 0 rings (SSSR count). The summed E-state index contributed by atoms with van der Waals surface area (Å²) >= 11 is 0. The molecule has 0 saturated carbocycles. The monoisotopic (exact) mass is 216 g/mol. The van der Waals surface area contributed by atoms with Gasteiger partial charge in [-0.1, -0.05) is 0 Å². The molecule has 6 nitrogen and oxygen atoms in total. The van der Waals surface area contributed by atoms with Crippen LogP contribution in [0.15, 0.2) is 16.8 Å². The number of aliphatic carboxylic acids is 1. The molecular formula is C9H16N2O4. The van der Waals surface area contributed by atoms with E-state index in [4.69, 9.17) is 9.84 Å². The maximum absolute atomic E-state index is 10.1. The van der Waals surface area contributed by atoms with Crippen LogP contribution in [0.5, 0.6) is 0 Å². The zero-order valence-electron chi connectivity index (χ0n) is 9.06. The fourth-order valence-electron chi connectivity index (χ4n) is 0.386. The van der Waals surface area contributed by atoms with E-state index in [1.807, 2.05) is 0 Å². The fourth-order valence-corrected chi connectivity index (χ4v) is 0.386. The third-order valence-electron chi connectivity index (χ3n) is 1.02. The molecule has 3 N–H and O–H groups in total. The first kappa shape index (κ1) is 15.6. The van der Waals surface area contributed by atoms with Crippen LogP contribution >= 0.6 is 0 Å². The average molecular weight is 216 g/mol. The Kier molecular flexibility index (Phi) is 10.7. The van der Waals surface area contributed by atoms with Crippen LogP contribution in [-0.2, 0) is 9.53 Å². The number of nitrogens with two attached hydrogens (primary N) is 1. The van der Waals surface area contributed by atoms with Gasteiger partial charge in [0, 0.05) is 6.21 Å². The molecule has 0 aromatic heterocycles. The van der Waals surface area contributed by atoms with Gasteiger partial charge >= 0.3 is 12.0 Å². The molecule has 0 radical (unpaired) electrons. The zero-order chi connectivity index (χ0) is 12.3. The predicted molar refractivity (Wildman–Crippen MR) is 56.8 cm³/mol. The highest BCUT2D eigenvalue weighted by Gasteiger charge is 1.97. The van der Waals surface area contributed by atoms with Crippen molar-refractivity contribution in [3.63, 3.8) is 0 Å². The van der Waals surface area contributed by atoms with Crippen molar-refractivity contribution < 1.29 is 19.4 Å². The number of hydrogen-bond donors (Lipinski definition) is 2. The van der Waals surface area contributed by atoms with E-state index in [0.717, 1.165) is 0 Å². The van der Waals surface area contributed by atoms with Crippen LogP contribution in [0.25, 0.3) is 0 Å². The van der Waals surface area contributed by atoms with Crippen molar-refractivity contribution in [2.75, 3.05) is 6.61 Å². The Balaban J connectivity index is 0. The van der Waals surface area contributed by atoms with Gasteiger partial charge in [-0.25, -0.2) is 14.6 Å². The molecule has 0 atom stereocenters. The number of ether oxygens (including phenoxy) is 1. The number of primary amides is 1. The highest BCUT2D eigenvalue weighted by molar-refractivity contribution is 5.85. The minimum atomic E-state index is -0.941. The van der Waals surface area contributed by atoms with E-state index in [1.54, 1.807) is 13.8 Å². The lowest BCUT2D eigenvalue weighted by Crippen LogP contribution is -2.02. The van der Waals surface area contributed by atoms with Crippen LogP contribution in [0.1, 0.15) is 20.8 Å². The third kappa shape index (κ3) is 15.0. The Labute approximate surface area is 88.4 Å². The maximum atomic E-state index is 10.1. The first-order valence-corrected chi connectivity index (χ1v) is 4.25. The van der Waals surface area contributed by atoms with Crippen LogP contribution < -0.4 is 5.73 Å². The van der Waals surface area contributed by atoms with Crippen LogP contribution in [0.4, 0.5) is 4.79 Å². The molecule has 0 fully saturated rings. The van der Waals surface area contributed by atoms with Crippen LogP contribution in [-0.4, -0.2) is 29.9 Å². The lowest BCUT2D eigenvalue weighted by Gasteiger charge is -1.93. The summed E-state index contributed by atoms with van der Waals surface area (Å²) in [4.78, 5) is 22.8. The van der Waals surface area contributed by atoms with Gasteiger partial charge < -0.3 is 15.6 Å². The summed E-state index contributed by atoms with van der Waals surface area (Å²) < 4.78 is 4.71. The molecule has 0 heterocycles. The first-order valence-electron chi connectivity index (χ1n) is 4.25. The highest BCUT2D eigenvalue weighted by atomic mass is 16.5. The van der Waals surface area contributed by atoms with Crippen LogP contribution in [0.3, 0.4) is 0 Å². The number of carboxylic acid groups (broad SMARTS) is 1. The molecule has 86 valence electrons. The molecular weight excluding hydrogens is 200 g/mol. The second kappa shape index (κ2) is 10.2. The van der Waals surface area contributed by atoms with E-state index >= 15 is 0 Å². The summed E-state index contributed by atoms with van der Waals surface area (Å²) in [5.41, 5.74) is 4.79. The first-order chi connectivity index (χ1) is 6.95. The number of aliphatic imine (C=N–C) groups is 1. The summed E-state index contributed by atoms with van der Waals surface area (Å²) in [6, 6.07) is -0.641. The maximum Gasteiger partial charge on any atom is 0.337 e. The SMILES string of the molecule is CC=NC(N)=O.CCOC=C(C)C(=O)O. The molecule has 0 spiro atoms.